The Hall–Kier alpha value is -0.670. The third kappa shape index (κ3) is 4.73. The molecule has 0 aromatic heterocycles. The predicted octanol–water partition coefficient (Wildman–Crippen LogP) is 3.44. The van der Waals surface area contributed by atoms with Crippen molar-refractivity contribution in [3.8, 4) is 0 Å². The van der Waals surface area contributed by atoms with Crippen molar-refractivity contribution in [3.05, 3.63) is 29.3 Å². The highest BCUT2D eigenvalue weighted by molar-refractivity contribution is 7.85. The van der Waals surface area contributed by atoms with Crippen LogP contribution < -0.4 is 5.32 Å². The van der Waals surface area contributed by atoms with Crippen LogP contribution in [0, 0.1) is 19.3 Å². The summed E-state index contributed by atoms with van der Waals surface area (Å²) in [6.07, 6.45) is 0. The van der Waals surface area contributed by atoms with Crippen LogP contribution in [0.2, 0.25) is 0 Å². The summed E-state index contributed by atoms with van der Waals surface area (Å²) < 4.78 is 12.6. The van der Waals surface area contributed by atoms with Crippen LogP contribution in [0.3, 0.4) is 0 Å². The number of benzene rings is 1. The summed E-state index contributed by atoms with van der Waals surface area (Å²) >= 11 is 0. The fourth-order valence-electron chi connectivity index (χ4n) is 2.06. The molecule has 1 N–H and O–H groups in total. The quantitative estimate of drug-likeness (QED) is 0.896. The van der Waals surface area contributed by atoms with Gasteiger partial charge < -0.3 is 5.32 Å². The molecule has 0 amide bonds. The Labute approximate surface area is 120 Å². The fourth-order valence-corrected chi connectivity index (χ4v) is 3.90. The monoisotopic (exact) mass is 281 g/mol. The van der Waals surface area contributed by atoms with Crippen LogP contribution in [-0.2, 0) is 10.8 Å². The molecule has 0 aliphatic heterocycles. The van der Waals surface area contributed by atoms with Gasteiger partial charge in [0.2, 0.25) is 0 Å². The van der Waals surface area contributed by atoms with E-state index < -0.39 is 10.8 Å². The summed E-state index contributed by atoms with van der Waals surface area (Å²) in [7, 11) is -0.946. The zero-order valence-corrected chi connectivity index (χ0v) is 13.9. The van der Waals surface area contributed by atoms with Gasteiger partial charge in [0, 0.05) is 16.7 Å². The second-order valence-corrected chi connectivity index (χ2v) is 7.72. The van der Waals surface area contributed by atoms with Crippen LogP contribution in [0.15, 0.2) is 23.1 Å². The highest BCUT2D eigenvalue weighted by Gasteiger charge is 2.26. The summed E-state index contributed by atoms with van der Waals surface area (Å²) in [5.41, 5.74) is 2.40. The molecule has 0 spiro atoms. The van der Waals surface area contributed by atoms with Gasteiger partial charge in [0.25, 0.3) is 0 Å². The van der Waals surface area contributed by atoms with Gasteiger partial charge in [-0.25, -0.2) is 0 Å². The molecule has 19 heavy (non-hydrogen) atoms. The van der Waals surface area contributed by atoms with E-state index in [0.29, 0.717) is 5.75 Å². The van der Waals surface area contributed by atoms with Gasteiger partial charge >= 0.3 is 0 Å². The smallest absolute Gasteiger partial charge is 0.0548 e. The van der Waals surface area contributed by atoms with Crippen molar-refractivity contribution in [2.75, 3.05) is 12.3 Å². The molecule has 108 valence electrons. The lowest BCUT2D eigenvalue weighted by Crippen LogP contribution is -2.44. The first-order valence-corrected chi connectivity index (χ1v) is 8.26. The van der Waals surface area contributed by atoms with Gasteiger partial charge in [-0.15, -0.1) is 0 Å². The van der Waals surface area contributed by atoms with E-state index in [1.54, 1.807) is 0 Å². The summed E-state index contributed by atoms with van der Waals surface area (Å²) in [6, 6.07) is 6.44. The minimum atomic E-state index is -0.946. The summed E-state index contributed by atoms with van der Waals surface area (Å²) in [4.78, 5) is 0.979. The fraction of sp³-hybridized carbons (Fsp3) is 0.625. The number of aryl methyl sites for hydroxylation is 2. The molecule has 0 heterocycles. The molecule has 0 saturated carbocycles. The van der Waals surface area contributed by atoms with Crippen LogP contribution in [0.1, 0.15) is 38.8 Å². The van der Waals surface area contributed by atoms with Gasteiger partial charge in [0.15, 0.2) is 0 Å². The number of hydrogen-bond acceptors (Lipinski definition) is 2. The van der Waals surface area contributed by atoms with Crippen molar-refractivity contribution in [3.63, 3.8) is 0 Å². The van der Waals surface area contributed by atoms with Crippen molar-refractivity contribution in [1.29, 1.82) is 0 Å². The second kappa shape index (κ2) is 6.67. The lowest BCUT2D eigenvalue weighted by atomic mass is 9.88. The van der Waals surface area contributed by atoms with E-state index in [9.17, 15) is 4.21 Å². The number of nitrogens with one attached hydrogen (secondary N) is 1. The van der Waals surface area contributed by atoms with Gasteiger partial charge in [-0.3, -0.25) is 4.21 Å². The molecule has 0 fully saturated rings. The Morgan fingerprint density at radius 3 is 2.42 bits per heavy atom. The predicted molar refractivity (Wildman–Crippen MR) is 84.1 cm³/mol. The Kier molecular flexibility index (Phi) is 5.75. The van der Waals surface area contributed by atoms with Gasteiger partial charge in [-0.05, 0) is 43.0 Å². The molecule has 0 aliphatic carbocycles. The van der Waals surface area contributed by atoms with Gasteiger partial charge in [-0.2, -0.15) is 0 Å². The Balaban J connectivity index is 2.91. The van der Waals surface area contributed by atoms with E-state index >= 15 is 0 Å². The molecule has 0 saturated heterocycles. The first-order valence-electron chi connectivity index (χ1n) is 6.94. The number of rotatable bonds is 5. The maximum Gasteiger partial charge on any atom is 0.0548 e. The zero-order valence-electron chi connectivity index (χ0n) is 13.0. The third-order valence-corrected chi connectivity index (χ3v) is 4.97. The van der Waals surface area contributed by atoms with Crippen LogP contribution in [0.5, 0.6) is 0 Å². The molecule has 2 atom stereocenters. The van der Waals surface area contributed by atoms with E-state index in [-0.39, 0.29) is 11.5 Å². The van der Waals surface area contributed by atoms with E-state index in [1.807, 2.05) is 13.8 Å². The molecule has 1 aromatic rings. The van der Waals surface area contributed by atoms with E-state index in [0.717, 1.165) is 17.0 Å². The standard InChI is InChI=1S/C16H27NOS/c1-7-17-15(16(4,5)6)11-19(18)14-10-12(2)8-9-13(14)3/h8-10,15,17H,7,11H2,1-6H3. The van der Waals surface area contributed by atoms with Crippen molar-refractivity contribution < 1.29 is 4.21 Å². The molecule has 3 heteroatoms. The minimum absolute atomic E-state index is 0.114. The Morgan fingerprint density at radius 1 is 1.26 bits per heavy atom. The van der Waals surface area contributed by atoms with Gasteiger partial charge in [0.1, 0.15) is 0 Å². The van der Waals surface area contributed by atoms with E-state index in [4.69, 9.17) is 0 Å². The van der Waals surface area contributed by atoms with Crippen molar-refractivity contribution in [1.82, 2.24) is 5.32 Å². The zero-order chi connectivity index (χ0) is 14.6. The normalized spacial score (nSPS) is 15.3. The van der Waals surface area contributed by atoms with Crippen molar-refractivity contribution in [2.24, 2.45) is 5.41 Å². The second-order valence-electron chi connectivity index (χ2n) is 6.26. The topological polar surface area (TPSA) is 29.1 Å². The molecule has 1 aromatic carbocycles. The summed E-state index contributed by atoms with van der Waals surface area (Å²) in [5, 5.41) is 3.46. The van der Waals surface area contributed by atoms with E-state index in [2.05, 4.69) is 51.2 Å². The third-order valence-electron chi connectivity index (χ3n) is 3.40. The first-order chi connectivity index (χ1) is 8.75. The van der Waals surface area contributed by atoms with Crippen LogP contribution >= 0.6 is 0 Å². The van der Waals surface area contributed by atoms with Gasteiger partial charge in [-0.1, -0.05) is 39.8 Å². The van der Waals surface area contributed by atoms with Crippen molar-refractivity contribution >= 4 is 10.8 Å². The van der Waals surface area contributed by atoms with E-state index in [1.165, 1.54) is 5.56 Å². The Morgan fingerprint density at radius 2 is 1.89 bits per heavy atom. The molecular formula is C16H27NOS. The lowest BCUT2D eigenvalue weighted by molar-refractivity contribution is 0.294. The highest BCUT2D eigenvalue weighted by atomic mass is 32.2. The molecule has 2 unspecified atom stereocenters. The Bertz CT molecular complexity index is 449. The van der Waals surface area contributed by atoms with Crippen LogP contribution in [0.4, 0.5) is 0 Å². The molecular weight excluding hydrogens is 254 g/mol. The van der Waals surface area contributed by atoms with Crippen LogP contribution in [-0.4, -0.2) is 22.5 Å². The molecule has 0 bridgehead atoms. The maximum atomic E-state index is 12.6. The van der Waals surface area contributed by atoms with Crippen molar-refractivity contribution in [2.45, 2.75) is 52.5 Å². The minimum Gasteiger partial charge on any atom is -0.313 e. The summed E-state index contributed by atoms with van der Waals surface area (Å²) in [6.45, 7) is 13.7. The average molecular weight is 281 g/mol. The number of hydrogen-bond donors (Lipinski definition) is 1. The maximum absolute atomic E-state index is 12.6. The molecule has 0 radical (unpaired) electrons. The highest BCUT2D eigenvalue weighted by Crippen LogP contribution is 2.23. The first kappa shape index (κ1) is 16.4. The van der Waals surface area contributed by atoms with Gasteiger partial charge in [0.05, 0.1) is 10.8 Å². The largest absolute Gasteiger partial charge is 0.313 e. The summed E-state index contributed by atoms with van der Waals surface area (Å²) in [5.74, 6) is 0.668. The lowest BCUT2D eigenvalue weighted by Gasteiger charge is -2.31. The average Bonchev–Trinajstić information content (AvgIpc) is 2.30. The molecule has 0 aliphatic rings. The van der Waals surface area contributed by atoms with Crippen LogP contribution in [0.25, 0.3) is 0 Å². The SMILES string of the molecule is CCNC(CS(=O)c1cc(C)ccc1C)C(C)(C)C. The molecule has 2 nitrogen and oxygen atoms in total. The molecule has 1 rings (SSSR count).